The van der Waals surface area contributed by atoms with E-state index in [1.54, 1.807) is 0 Å². The lowest BCUT2D eigenvalue weighted by Gasteiger charge is -2.13. The number of nitrogens with zero attached hydrogens (tertiary/aromatic N) is 3. The molecule has 2 rings (SSSR count). The summed E-state index contributed by atoms with van der Waals surface area (Å²) in [6.45, 7) is 0.631. The Morgan fingerprint density at radius 1 is 1.47 bits per heavy atom. The van der Waals surface area contributed by atoms with Gasteiger partial charge in [0, 0.05) is 20.3 Å². The van der Waals surface area contributed by atoms with Crippen molar-refractivity contribution < 1.29 is 4.79 Å². The monoisotopic (exact) mass is 232 g/mol. The zero-order chi connectivity index (χ0) is 12.4. The standard InChI is InChI=1S/C12H16N4O/c1-13-6-12-14-10(8-17)11-5-4-9(15(2)3)7-16(11)12/h4-5,7-8,13H,6H2,1-3H3. The number of imidazole rings is 1. The molecule has 2 aromatic rings. The van der Waals surface area contributed by atoms with Gasteiger partial charge in [0.05, 0.1) is 17.7 Å². The number of carbonyl (C=O) groups excluding carboxylic acids is 1. The molecule has 2 aromatic heterocycles. The molecule has 0 amide bonds. The SMILES string of the molecule is CNCc1nc(C=O)c2ccc(N(C)C)cn12. The van der Waals surface area contributed by atoms with Gasteiger partial charge >= 0.3 is 0 Å². The van der Waals surface area contributed by atoms with Crippen molar-refractivity contribution in [1.82, 2.24) is 14.7 Å². The molecule has 0 aromatic carbocycles. The molecule has 0 saturated heterocycles. The van der Waals surface area contributed by atoms with Crippen LogP contribution in [0.2, 0.25) is 0 Å². The predicted molar refractivity (Wildman–Crippen MR) is 67.7 cm³/mol. The van der Waals surface area contributed by atoms with Gasteiger partial charge in [0.2, 0.25) is 0 Å². The minimum Gasteiger partial charge on any atom is -0.376 e. The summed E-state index contributed by atoms with van der Waals surface area (Å²) in [5.74, 6) is 0.841. The van der Waals surface area contributed by atoms with E-state index in [-0.39, 0.29) is 0 Å². The second-order valence-corrected chi connectivity index (χ2v) is 4.10. The summed E-state index contributed by atoms with van der Waals surface area (Å²) in [5.41, 5.74) is 2.40. The highest BCUT2D eigenvalue weighted by atomic mass is 16.1. The van der Waals surface area contributed by atoms with E-state index in [1.807, 2.05) is 48.8 Å². The van der Waals surface area contributed by atoms with Crippen molar-refractivity contribution in [2.45, 2.75) is 6.54 Å². The molecule has 0 aliphatic carbocycles. The first kappa shape index (κ1) is 11.6. The van der Waals surface area contributed by atoms with E-state index < -0.39 is 0 Å². The lowest BCUT2D eigenvalue weighted by atomic mass is 10.3. The quantitative estimate of drug-likeness (QED) is 0.797. The fourth-order valence-electron chi connectivity index (χ4n) is 1.80. The third-order valence-electron chi connectivity index (χ3n) is 2.69. The molecule has 0 fully saturated rings. The highest BCUT2D eigenvalue weighted by Gasteiger charge is 2.10. The number of fused-ring (bicyclic) bond motifs is 1. The third-order valence-corrected chi connectivity index (χ3v) is 2.69. The molecule has 0 bridgehead atoms. The smallest absolute Gasteiger partial charge is 0.170 e. The van der Waals surface area contributed by atoms with E-state index >= 15 is 0 Å². The molecule has 0 spiro atoms. The Morgan fingerprint density at radius 3 is 2.82 bits per heavy atom. The molecule has 1 N–H and O–H groups in total. The number of hydrogen-bond donors (Lipinski definition) is 1. The third kappa shape index (κ3) is 2.01. The van der Waals surface area contributed by atoms with Gasteiger partial charge < -0.3 is 10.2 Å². The Kier molecular flexibility index (Phi) is 3.10. The number of pyridine rings is 1. The van der Waals surface area contributed by atoms with E-state index in [4.69, 9.17) is 0 Å². The van der Waals surface area contributed by atoms with E-state index in [9.17, 15) is 4.79 Å². The van der Waals surface area contributed by atoms with Gasteiger partial charge in [-0.05, 0) is 19.2 Å². The van der Waals surface area contributed by atoms with Crippen LogP contribution in [0.4, 0.5) is 5.69 Å². The number of carbonyl (C=O) groups is 1. The molecule has 90 valence electrons. The molecule has 0 radical (unpaired) electrons. The number of aromatic nitrogens is 2. The van der Waals surface area contributed by atoms with E-state index in [1.165, 1.54) is 0 Å². The van der Waals surface area contributed by atoms with E-state index in [2.05, 4.69) is 10.3 Å². The summed E-state index contributed by atoms with van der Waals surface area (Å²) in [6, 6.07) is 3.90. The minimum absolute atomic E-state index is 0.487. The molecule has 0 aliphatic heterocycles. The highest BCUT2D eigenvalue weighted by molar-refractivity contribution is 5.84. The van der Waals surface area contributed by atoms with Crippen LogP contribution in [0.5, 0.6) is 0 Å². The Balaban J connectivity index is 2.64. The maximum Gasteiger partial charge on any atom is 0.170 e. The normalized spacial score (nSPS) is 10.8. The Bertz CT molecular complexity index is 545. The number of hydrogen-bond acceptors (Lipinski definition) is 4. The Labute approximate surface area is 100 Å². The summed E-state index contributed by atoms with van der Waals surface area (Å²) in [6.07, 6.45) is 2.78. The largest absolute Gasteiger partial charge is 0.376 e. The second-order valence-electron chi connectivity index (χ2n) is 4.10. The molecular formula is C12H16N4O. The zero-order valence-corrected chi connectivity index (χ0v) is 10.3. The molecule has 5 heteroatoms. The van der Waals surface area contributed by atoms with E-state index in [0.29, 0.717) is 12.2 Å². The summed E-state index contributed by atoms with van der Waals surface area (Å²) >= 11 is 0. The number of rotatable bonds is 4. The molecule has 0 aliphatic rings. The van der Waals surface area contributed by atoms with Crippen LogP contribution < -0.4 is 10.2 Å². The molecule has 2 heterocycles. The number of nitrogens with one attached hydrogen (secondary N) is 1. The van der Waals surface area contributed by atoms with Crippen LogP contribution in [-0.2, 0) is 6.54 Å². The summed E-state index contributed by atoms with van der Waals surface area (Å²) in [4.78, 5) is 17.3. The fourth-order valence-corrected chi connectivity index (χ4v) is 1.80. The fraction of sp³-hybridized carbons (Fsp3) is 0.333. The van der Waals surface area contributed by atoms with Crippen molar-refractivity contribution in [3.8, 4) is 0 Å². The first-order chi connectivity index (χ1) is 8.17. The molecule has 0 unspecified atom stereocenters. The van der Waals surface area contributed by atoms with Gasteiger partial charge in [0.15, 0.2) is 6.29 Å². The Morgan fingerprint density at radius 2 is 2.24 bits per heavy atom. The zero-order valence-electron chi connectivity index (χ0n) is 10.3. The minimum atomic E-state index is 0.487. The lowest BCUT2D eigenvalue weighted by Crippen LogP contribution is -2.11. The van der Waals surface area contributed by atoms with Crippen LogP contribution in [0.25, 0.3) is 5.52 Å². The van der Waals surface area contributed by atoms with Crippen LogP contribution in [-0.4, -0.2) is 36.8 Å². The molecule has 0 saturated carbocycles. The van der Waals surface area contributed by atoms with Gasteiger partial charge in [-0.15, -0.1) is 0 Å². The Hall–Kier alpha value is -1.88. The maximum atomic E-state index is 11.0. The van der Waals surface area contributed by atoms with Crippen molar-refractivity contribution in [2.75, 3.05) is 26.0 Å². The van der Waals surface area contributed by atoms with Crippen molar-refractivity contribution in [3.05, 3.63) is 29.8 Å². The lowest BCUT2D eigenvalue weighted by molar-refractivity contribution is 0.112. The van der Waals surface area contributed by atoms with Crippen LogP contribution >= 0.6 is 0 Å². The van der Waals surface area contributed by atoms with Gasteiger partial charge in [-0.2, -0.15) is 0 Å². The molecule has 5 nitrogen and oxygen atoms in total. The number of anilines is 1. The van der Waals surface area contributed by atoms with Crippen LogP contribution in [0, 0.1) is 0 Å². The van der Waals surface area contributed by atoms with Gasteiger partial charge in [0.25, 0.3) is 0 Å². The maximum absolute atomic E-state index is 11.0. The van der Waals surface area contributed by atoms with Crippen molar-refractivity contribution >= 4 is 17.5 Å². The van der Waals surface area contributed by atoms with Crippen LogP contribution in [0.3, 0.4) is 0 Å². The second kappa shape index (κ2) is 4.55. The van der Waals surface area contributed by atoms with Crippen LogP contribution in [0.15, 0.2) is 18.3 Å². The summed E-state index contributed by atoms with van der Waals surface area (Å²) < 4.78 is 1.95. The van der Waals surface area contributed by atoms with Crippen molar-refractivity contribution in [2.24, 2.45) is 0 Å². The first-order valence-electron chi connectivity index (χ1n) is 5.45. The van der Waals surface area contributed by atoms with Gasteiger partial charge in [-0.3, -0.25) is 9.20 Å². The summed E-state index contributed by atoms with van der Waals surface area (Å²) in [7, 11) is 5.82. The molecule has 0 atom stereocenters. The number of aldehydes is 1. The van der Waals surface area contributed by atoms with E-state index in [0.717, 1.165) is 23.3 Å². The van der Waals surface area contributed by atoms with Crippen LogP contribution in [0.1, 0.15) is 16.3 Å². The average molecular weight is 232 g/mol. The highest BCUT2D eigenvalue weighted by Crippen LogP contribution is 2.17. The van der Waals surface area contributed by atoms with Gasteiger partial charge in [-0.25, -0.2) is 4.98 Å². The van der Waals surface area contributed by atoms with Crippen molar-refractivity contribution in [3.63, 3.8) is 0 Å². The molecular weight excluding hydrogens is 216 g/mol. The average Bonchev–Trinajstić information content (AvgIpc) is 2.67. The van der Waals surface area contributed by atoms with Crippen molar-refractivity contribution in [1.29, 1.82) is 0 Å². The topological polar surface area (TPSA) is 49.6 Å². The van der Waals surface area contributed by atoms with Gasteiger partial charge in [0.1, 0.15) is 11.5 Å². The predicted octanol–water partition coefficient (Wildman–Crippen LogP) is 0.932. The molecule has 17 heavy (non-hydrogen) atoms. The summed E-state index contributed by atoms with van der Waals surface area (Å²) in [5, 5.41) is 3.05. The first-order valence-corrected chi connectivity index (χ1v) is 5.45. The van der Waals surface area contributed by atoms with Gasteiger partial charge in [-0.1, -0.05) is 0 Å².